The quantitative estimate of drug-likeness (QED) is 0.407. The van der Waals surface area contributed by atoms with Crippen LogP contribution in [0.4, 0.5) is 22.7 Å². The molecule has 0 aliphatic carbocycles. The third-order valence-corrected chi connectivity index (χ3v) is 2.92. The summed E-state index contributed by atoms with van der Waals surface area (Å²) in [4.78, 5) is 0. The van der Waals surface area contributed by atoms with E-state index in [1.54, 1.807) is 0 Å². The summed E-state index contributed by atoms with van der Waals surface area (Å²) in [5.41, 5.74) is 3.22. The van der Waals surface area contributed by atoms with Gasteiger partial charge in [0.2, 0.25) is 0 Å². The minimum absolute atomic E-state index is 0.780. The zero-order valence-electron chi connectivity index (χ0n) is 17.9. The maximum atomic E-state index is 4.19. The van der Waals surface area contributed by atoms with Crippen LogP contribution < -0.4 is 0 Å². The third-order valence-electron chi connectivity index (χ3n) is 2.92. The van der Waals surface area contributed by atoms with Crippen LogP contribution in [0.15, 0.2) is 105 Å². The first-order chi connectivity index (χ1) is 13.9. The summed E-state index contributed by atoms with van der Waals surface area (Å²) >= 11 is 0. The molecular formula is C24H32N4. The van der Waals surface area contributed by atoms with Gasteiger partial charge in [-0.15, -0.1) is 0 Å². The van der Waals surface area contributed by atoms with E-state index in [4.69, 9.17) is 0 Å². The summed E-state index contributed by atoms with van der Waals surface area (Å²) in [7, 11) is 0. The van der Waals surface area contributed by atoms with Crippen molar-refractivity contribution in [2.45, 2.75) is 41.5 Å². The predicted octanol–water partition coefficient (Wildman–Crippen LogP) is 9.60. The normalized spacial score (nSPS) is 9.50. The van der Waals surface area contributed by atoms with E-state index in [1.165, 1.54) is 0 Å². The van der Waals surface area contributed by atoms with E-state index in [9.17, 15) is 0 Å². The van der Waals surface area contributed by atoms with Crippen molar-refractivity contribution in [1.29, 1.82) is 0 Å². The maximum absolute atomic E-state index is 4.19. The fraction of sp³-hybridized carbons (Fsp3) is 0.250. The summed E-state index contributed by atoms with van der Waals surface area (Å²) < 4.78 is 0. The minimum atomic E-state index is 0.780. The molecule has 0 unspecified atom stereocenters. The Hall–Kier alpha value is -3.14. The average molecular weight is 377 g/mol. The lowest BCUT2D eigenvalue weighted by atomic mass is 10.3. The Kier molecular flexibility index (Phi) is 15.3. The SMILES string of the molecule is CC.CC.CC.c1ccc(N=Nc2ccc(N=Nc3ccccc3)cc2)cc1. The summed E-state index contributed by atoms with van der Waals surface area (Å²) in [6.07, 6.45) is 0. The Morgan fingerprint density at radius 1 is 0.321 bits per heavy atom. The number of hydrogen-bond acceptors (Lipinski definition) is 4. The minimum Gasteiger partial charge on any atom is -0.151 e. The number of benzene rings is 3. The molecule has 3 aromatic carbocycles. The molecule has 0 N–H and O–H groups in total. The van der Waals surface area contributed by atoms with Gasteiger partial charge >= 0.3 is 0 Å². The highest BCUT2D eigenvalue weighted by molar-refractivity contribution is 5.48. The highest BCUT2D eigenvalue weighted by Gasteiger charge is 1.93. The molecule has 3 rings (SSSR count). The van der Waals surface area contributed by atoms with Crippen molar-refractivity contribution in [3.05, 3.63) is 84.9 Å². The van der Waals surface area contributed by atoms with Crippen molar-refractivity contribution in [2.24, 2.45) is 20.5 Å². The molecule has 0 spiro atoms. The topological polar surface area (TPSA) is 49.4 Å². The first-order valence-electron chi connectivity index (χ1n) is 9.94. The molecule has 0 bridgehead atoms. The van der Waals surface area contributed by atoms with Gasteiger partial charge in [0.25, 0.3) is 0 Å². The molecule has 3 aromatic rings. The third kappa shape index (κ3) is 10.1. The van der Waals surface area contributed by atoms with E-state index < -0.39 is 0 Å². The van der Waals surface area contributed by atoms with Gasteiger partial charge in [0.1, 0.15) is 0 Å². The van der Waals surface area contributed by atoms with Gasteiger partial charge in [0, 0.05) is 0 Å². The smallest absolute Gasteiger partial charge is 0.0858 e. The lowest BCUT2D eigenvalue weighted by Crippen LogP contribution is -1.66. The second kappa shape index (κ2) is 17.3. The molecule has 28 heavy (non-hydrogen) atoms. The molecular weight excluding hydrogens is 344 g/mol. The molecule has 0 atom stereocenters. The number of nitrogens with zero attached hydrogens (tertiary/aromatic N) is 4. The van der Waals surface area contributed by atoms with E-state index in [2.05, 4.69) is 20.5 Å². The van der Waals surface area contributed by atoms with E-state index >= 15 is 0 Å². The highest BCUT2D eigenvalue weighted by Crippen LogP contribution is 2.23. The Bertz CT molecular complexity index is 696. The standard InChI is InChI=1S/C18H14N4.3C2H6/c1-3-7-15(8-4-1)19-21-17-11-13-18(14-12-17)22-20-16-9-5-2-6-10-16;3*1-2/h1-14H;3*1-2H3. The first-order valence-corrected chi connectivity index (χ1v) is 9.94. The number of azo groups is 2. The lowest BCUT2D eigenvalue weighted by Gasteiger charge is -1.95. The second-order valence-electron chi connectivity index (χ2n) is 4.59. The molecule has 0 aromatic heterocycles. The fourth-order valence-corrected chi connectivity index (χ4v) is 1.81. The average Bonchev–Trinajstić information content (AvgIpc) is 2.82. The summed E-state index contributed by atoms with van der Waals surface area (Å²) in [6, 6.07) is 26.7. The van der Waals surface area contributed by atoms with Crippen LogP contribution in [0.5, 0.6) is 0 Å². The molecule has 0 fully saturated rings. The summed E-state index contributed by atoms with van der Waals surface area (Å²) in [5, 5.41) is 16.7. The number of hydrogen-bond donors (Lipinski definition) is 0. The maximum Gasteiger partial charge on any atom is 0.0858 e. The zero-order valence-corrected chi connectivity index (χ0v) is 17.9. The van der Waals surface area contributed by atoms with Crippen LogP contribution in [0.25, 0.3) is 0 Å². The summed E-state index contributed by atoms with van der Waals surface area (Å²) in [6.45, 7) is 12.0. The van der Waals surface area contributed by atoms with Gasteiger partial charge in [-0.2, -0.15) is 20.5 Å². The molecule has 0 radical (unpaired) electrons. The van der Waals surface area contributed by atoms with E-state index in [0.717, 1.165) is 22.7 Å². The number of rotatable bonds is 4. The molecule has 0 heterocycles. The largest absolute Gasteiger partial charge is 0.151 e. The van der Waals surface area contributed by atoms with Crippen molar-refractivity contribution >= 4 is 22.7 Å². The predicted molar refractivity (Wildman–Crippen MR) is 122 cm³/mol. The van der Waals surface area contributed by atoms with E-state index in [1.807, 2.05) is 126 Å². The molecule has 0 saturated carbocycles. The van der Waals surface area contributed by atoms with Gasteiger partial charge in [-0.3, -0.25) is 0 Å². The lowest BCUT2D eigenvalue weighted by molar-refractivity contribution is 1.21. The van der Waals surface area contributed by atoms with Crippen LogP contribution in [0, 0.1) is 0 Å². The van der Waals surface area contributed by atoms with Crippen LogP contribution in [0.1, 0.15) is 41.5 Å². The first kappa shape index (κ1) is 24.9. The second-order valence-corrected chi connectivity index (χ2v) is 4.59. The van der Waals surface area contributed by atoms with Crippen LogP contribution >= 0.6 is 0 Å². The zero-order chi connectivity index (χ0) is 21.0. The monoisotopic (exact) mass is 376 g/mol. The molecule has 4 heteroatoms. The van der Waals surface area contributed by atoms with Crippen molar-refractivity contribution in [2.75, 3.05) is 0 Å². The summed E-state index contributed by atoms with van der Waals surface area (Å²) in [5.74, 6) is 0. The molecule has 0 saturated heterocycles. The van der Waals surface area contributed by atoms with Crippen LogP contribution in [-0.4, -0.2) is 0 Å². The molecule has 148 valence electrons. The van der Waals surface area contributed by atoms with Crippen LogP contribution in [-0.2, 0) is 0 Å². The molecule has 0 aliphatic rings. The van der Waals surface area contributed by atoms with Crippen molar-refractivity contribution in [3.8, 4) is 0 Å². The Labute approximate surface area is 170 Å². The fourth-order valence-electron chi connectivity index (χ4n) is 1.81. The van der Waals surface area contributed by atoms with Gasteiger partial charge in [0.15, 0.2) is 0 Å². The van der Waals surface area contributed by atoms with E-state index in [-0.39, 0.29) is 0 Å². The van der Waals surface area contributed by atoms with Gasteiger partial charge in [-0.1, -0.05) is 77.9 Å². The molecule has 0 aliphatic heterocycles. The van der Waals surface area contributed by atoms with Crippen molar-refractivity contribution in [1.82, 2.24) is 0 Å². The van der Waals surface area contributed by atoms with E-state index in [0.29, 0.717) is 0 Å². The van der Waals surface area contributed by atoms with Crippen molar-refractivity contribution < 1.29 is 0 Å². The molecule has 4 nitrogen and oxygen atoms in total. The Morgan fingerprint density at radius 2 is 0.536 bits per heavy atom. The Balaban J connectivity index is 0.00000111. The van der Waals surface area contributed by atoms with Gasteiger partial charge in [0.05, 0.1) is 22.7 Å². The molecule has 0 amide bonds. The van der Waals surface area contributed by atoms with Gasteiger partial charge in [-0.25, -0.2) is 0 Å². The highest BCUT2D eigenvalue weighted by atomic mass is 15.1. The van der Waals surface area contributed by atoms with Crippen LogP contribution in [0.3, 0.4) is 0 Å². The Morgan fingerprint density at radius 3 is 0.786 bits per heavy atom. The van der Waals surface area contributed by atoms with Gasteiger partial charge < -0.3 is 0 Å². The van der Waals surface area contributed by atoms with Crippen molar-refractivity contribution in [3.63, 3.8) is 0 Å². The van der Waals surface area contributed by atoms with Crippen LogP contribution in [0.2, 0.25) is 0 Å². The van der Waals surface area contributed by atoms with Gasteiger partial charge in [-0.05, 0) is 48.5 Å².